The molecule has 0 unspecified atom stereocenters. The van der Waals surface area contributed by atoms with E-state index in [-0.39, 0.29) is 0 Å². The van der Waals surface area contributed by atoms with Gasteiger partial charge in [0.2, 0.25) is 0 Å². The van der Waals surface area contributed by atoms with Gasteiger partial charge in [0.05, 0.1) is 0 Å². The highest BCUT2D eigenvalue weighted by molar-refractivity contribution is 6.66. The third-order valence-electron chi connectivity index (χ3n) is 1.65. The molecule has 1 aromatic rings. The molecule has 70 valence electrons. The summed E-state index contributed by atoms with van der Waals surface area (Å²) in [6, 6.07) is 7.01. The van der Waals surface area contributed by atoms with Crippen molar-refractivity contribution in [2.45, 2.75) is 6.92 Å². The van der Waals surface area contributed by atoms with Crippen LogP contribution in [-0.4, -0.2) is 11.9 Å². The van der Waals surface area contributed by atoms with Crippen LogP contribution in [0.2, 0.25) is 5.02 Å². The molecule has 0 saturated carbocycles. The monoisotopic (exact) mass is 217 g/mol. The maximum atomic E-state index is 10.9. The Bertz CT molecular complexity index is 314. The molecule has 2 nitrogen and oxygen atoms in total. The van der Waals surface area contributed by atoms with Crippen LogP contribution >= 0.6 is 23.2 Å². The smallest absolute Gasteiger partial charge is 0.299 e. The van der Waals surface area contributed by atoms with Crippen LogP contribution in [0.1, 0.15) is 6.92 Å². The molecule has 0 atom stereocenters. The van der Waals surface area contributed by atoms with Gasteiger partial charge in [0.1, 0.15) is 0 Å². The number of rotatable bonds is 2. The van der Waals surface area contributed by atoms with E-state index in [0.717, 1.165) is 5.69 Å². The van der Waals surface area contributed by atoms with Gasteiger partial charge in [-0.3, -0.25) is 9.69 Å². The molecule has 0 bridgehead atoms. The molecule has 0 aliphatic rings. The summed E-state index contributed by atoms with van der Waals surface area (Å²) >= 11 is 11.1. The molecule has 4 heteroatoms. The summed E-state index contributed by atoms with van der Waals surface area (Å²) in [7, 11) is 0. The molecule has 0 radical (unpaired) electrons. The van der Waals surface area contributed by atoms with Crippen LogP contribution in [0.4, 0.5) is 10.5 Å². The first-order chi connectivity index (χ1) is 6.15. The number of carbonyl (C=O) groups excluding carboxylic acids is 1. The Kier molecular flexibility index (Phi) is 3.58. The summed E-state index contributed by atoms with van der Waals surface area (Å²) in [6.45, 7) is 2.38. The summed E-state index contributed by atoms with van der Waals surface area (Å²) in [5, 5.41) is 0.0960. The number of carbonyl (C=O) groups is 1. The lowest BCUT2D eigenvalue weighted by Gasteiger charge is -2.17. The maximum absolute atomic E-state index is 10.9. The Labute approximate surface area is 87.1 Å². The van der Waals surface area contributed by atoms with Crippen molar-refractivity contribution in [2.75, 3.05) is 11.4 Å². The van der Waals surface area contributed by atoms with E-state index in [9.17, 15) is 4.79 Å². The summed E-state index contributed by atoms with van der Waals surface area (Å²) < 4.78 is 0. The van der Waals surface area contributed by atoms with Crippen molar-refractivity contribution in [3.8, 4) is 0 Å². The zero-order valence-corrected chi connectivity index (χ0v) is 8.64. The van der Waals surface area contributed by atoms with E-state index < -0.39 is 5.37 Å². The number of hydrogen-bond acceptors (Lipinski definition) is 1. The standard InChI is InChI=1S/C9H9Cl2NO/c1-2-12(9(11)13)8-5-3-4-7(10)6-8/h3-6H,2H2,1H3. The van der Waals surface area contributed by atoms with E-state index in [2.05, 4.69) is 0 Å². The van der Waals surface area contributed by atoms with E-state index in [1.54, 1.807) is 24.3 Å². The van der Waals surface area contributed by atoms with Gasteiger partial charge in [-0.15, -0.1) is 0 Å². The number of nitrogens with zero attached hydrogens (tertiary/aromatic N) is 1. The lowest BCUT2D eigenvalue weighted by atomic mass is 10.3. The Balaban J connectivity index is 2.98. The number of amides is 1. The summed E-state index contributed by atoms with van der Waals surface area (Å²) in [5.41, 5.74) is 0.718. The van der Waals surface area contributed by atoms with Crippen molar-refractivity contribution in [3.63, 3.8) is 0 Å². The second-order valence-corrected chi connectivity index (χ2v) is 3.24. The average molecular weight is 218 g/mol. The first-order valence-corrected chi connectivity index (χ1v) is 4.63. The van der Waals surface area contributed by atoms with Crippen molar-refractivity contribution in [3.05, 3.63) is 29.3 Å². The Morgan fingerprint density at radius 2 is 2.23 bits per heavy atom. The Hall–Kier alpha value is -0.730. The van der Waals surface area contributed by atoms with E-state index in [4.69, 9.17) is 23.2 Å². The van der Waals surface area contributed by atoms with Crippen LogP contribution in [0.25, 0.3) is 0 Å². The van der Waals surface area contributed by atoms with E-state index in [0.29, 0.717) is 11.6 Å². The molecule has 13 heavy (non-hydrogen) atoms. The first kappa shape index (κ1) is 10.4. The van der Waals surface area contributed by atoms with Crippen molar-refractivity contribution in [1.82, 2.24) is 0 Å². The maximum Gasteiger partial charge on any atom is 0.320 e. The van der Waals surface area contributed by atoms with Gasteiger partial charge in [0.25, 0.3) is 0 Å². The third kappa shape index (κ3) is 2.61. The number of halogens is 2. The molecule has 0 aromatic heterocycles. The number of anilines is 1. The van der Waals surface area contributed by atoms with Crippen LogP contribution in [0.15, 0.2) is 24.3 Å². The van der Waals surface area contributed by atoms with Gasteiger partial charge >= 0.3 is 5.37 Å². The van der Waals surface area contributed by atoms with Gasteiger partial charge in [-0.2, -0.15) is 0 Å². The Morgan fingerprint density at radius 1 is 1.54 bits per heavy atom. The summed E-state index contributed by atoms with van der Waals surface area (Å²) in [4.78, 5) is 12.4. The van der Waals surface area contributed by atoms with Crippen molar-refractivity contribution >= 4 is 34.3 Å². The fraction of sp³-hybridized carbons (Fsp3) is 0.222. The van der Waals surface area contributed by atoms with Gasteiger partial charge in [-0.05, 0) is 36.7 Å². The van der Waals surface area contributed by atoms with Crippen LogP contribution in [0, 0.1) is 0 Å². The highest BCUT2D eigenvalue weighted by atomic mass is 35.5. The minimum atomic E-state index is -0.496. The molecular formula is C9H9Cl2NO. The summed E-state index contributed by atoms with van der Waals surface area (Å²) in [6.07, 6.45) is 0. The van der Waals surface area contributed by atoms with E-state index in [1.807, 2.05) is 6.92 Å². The summed E-state index contributed by atoms with van der Waals surface area (Å²) in [5.74, 6) is 0. The molecule has 0 fully saturated rings. The van der Waals surface area contributed by atoms with Crippen molar-refractivity contribution in [2.24, 2.45) is 0 Å². The predicted molar refractivity (Wildman–Crippen MR) is 55.7 cm³/mol. The van der Waals surface area contributed by atoms with Crippen LogP contribution in [0.5, 0.6) is 0 Å². The molecule has 0 aliphatic heterocycles. The van der Waals surface area contributed by atoms with Gasteiger partial charge in [-0.1, -0.05) is 17.7 Å². The largest absolute Gasteiger partial charge is 0.320 e. The fourth-order valence-corrected chi connectivity index (χ4v) is 1.45. The molecule has 1 amide bonds. The average Bonchev–Trinajstić information content (AvgIpc) is 2.04. The van der Waals surface area contributed by atoms with Crippen molar-refractivity contribution in [1.29, 1.82) is 0 Å². The topological polar surface area (TPSA) is 20.3 Å². The Morgan fingerprint density at radius 3 is 2.69 bits per heavy atom. The van der Waals surface area contributed by atoms with Crippen LogP contribution in [-0.2, 0) is 0 Å². The van der Waals surface area contributed by atoms with Gasteiger partial charge in [-0.25, -0.2) is 0 Å². The molecule has 0 N–H and O–H groups in total. The highest BCUT2D eigenvalue weighted by Crippen LogP contribution is 2.20. The number of hydrogen-bond donors (Lipinski definition) is 0. The second-order valence-electron chi connectivity index (χ2n) is 2.48. The second kappa shape index (κ2) is 4.49. The zero-order valence-electron chi connectivity index (χ0n) is 7.13. The van der Waals surface area contributed by atoms with Gasteiger partial charge < -0.3 is 0 Å². The minimum Gasteiger partial charge on any atom is -0.299 e. The molecule has 1 rings (SSSR count). The van der Waals surface area contributed by atoms with Gasteiger partial charge in [0, 0.05) is 17.3 Å². The van der Waals surface area contributed by atoms with Crippen molar-refractivity contribution < 1.29 is 4.79 Å². The molecule has 0 spiro atoms. The van der Waals surface area contributed by atoms with Crippen LogP contribution in [0.3, 0.4) is 0 Å². The normalized spacial score (nSPS) is 9.77. The minimum absolute atomic E-state index is 0.496. The lowest BCUT2D eigenvalue weighted by molar-refractivity contribution is 0.264. The fourth-order valence-electron chi connectivity index (χ4n) is 1.05. The molecule has 0 heterocycles. The van der Waals surface area contributed by atoms with Gasteiger partial charge in [0.15, 0.2) is 0 Å². The molecular weight excluding hydrogens is 209 g/mol. The van der Waals surface area contributed by atoms with E-state index >= 15 is 0 Å². The molecule has 0 saturated heterocycles. The highest BCUT2D eigenvalue weighted by Gasteiger charge is 2.10. The zero-order chi connectivity index (χ0) is 9.84. The first-order valence-electron chi connectivity index (χ1n) is 3.87. The van der Waals surface area contributed by atoms with E-state index in [1.165, 1.54) is 4.90 Å². The third-order valence-corrected chi connectivity index (χ3v) is 2.09. The number of benzene rings is 1. The lowest BCUT2D eigenvalue weighted by Crippen LogP contribution is -2.24. The quantitative estimate of drug-likeness (QED) is 0.549. The molecule has 0 aliphatic carbocycles. The predicted octanol–water partition coefficient (Wildman–Crippen LogP) is 3.53. The molecule has 1 aromatic carbocycles. The SMILES string of the molecule is CCN(C(=O)Cl)c1cccc(Cl)c1. The van der Waals surface area contributed by atoms with Crippen LogP contribution < -0.4 is 4.90 Å².